The van der Waals surface area contributed by atoms with Crippen molar-refractivity contribution in [2.75, 3.05) is 32.0 Å². The van der Waals surface area contributed by atoms with Crippen molar-refractivity contribution in [2.24, 2.45) is 0 Å². The Morgan fingerprint density at radius 2 is 2.19 bits per heavy atom. The molecule has 4 heteroatoms. The first-order valence-corrected chi connectivity index (χ1v) is 8.08. The lowest BCUT2D eigenvalue weighted by Gasteiger charge is -2.33. The van der Waals surface area contributed by atoms with Crippen LogP contribution in [0.15, 0.2) is 18.2 Å². The van der Waals surface area contributed by atoms with Crippen LogP contribution in [0.25, 0.3) is 0 Å². The Morgan fingerprint density at radius 1 is 1.33 bits per heavy atom. The molecular weight excluding hydrogens is 264 g/mol. The lowest BCUT2D eigenvalue weighted by atomic mass is 10.1. The average molecular weight is 292 g/mol. The summed E-state index contributed by atoms with van der Waals surface area (Å²) in [7, 11) is 0. The van der Waals surface area contributed by atoms with Gasteiger partial charge in [0.15, 0.2) is 0 Å². The van der Waals surface area contributed by atoms with Crippen molar-refractivity contribution in [1.82, 2.24) is 4.90 Å². The van der Waals surface area contributed by atoms with Crippen molar-refractivity contribution in [3.63, 3.8) is 0 Å². The van der Waals surface area contributed by atoms with Crippen molar-refractivity contribution >= 4 is 5.69 Å². The average Bonchev–Trinajstić information content (AvgIpc) is 2.48. The highest BCUT2D eigenvalue weighted by atomic mass is 16.5. The van der Waals surface area contributed by atoms with Crippen molar-refractivity contribution in [3.8, 4) is 5.75 Å². The van der Waals surface area contributed by atoms with E-state index in [1.54, 1.807) is 0 Å². The highest BCUT2D eigenvalue weighted by molar-refractivity contribution is 5.47. The largest absolute Gasteiger partial charge is 0.494 e. The summed E-state index contributed by atoms with van der Waals surface area (Å²) in [5.74, 6) is 0.948. The number of hydrogen-bond donors (Lipinski definition) is 1. The van der Waals surface area contributed by atoms with Crippen LogP contribution < -0.4 is 10.5 Å². The molecule has 4 nitrogen and oxygen atoms in total. The van der Waals surface area contributed by atoms with E-state index in [4.69, 9.17) is 15.2 Å². The van der Waals surface area contributed by atoms with Crippen LogP contribution in [-0.4, -0.2) is 37.3 Å². The van der Waals surface area contributed by atoms with Crippen molar-refractivity contribution in [2.45, 2.75) is 45.8 Å². The number of nitrogens with two attached hydrogens (primary N) is 1. The first kappa shape index (κ1) is 16.1. The molecule has 1 fully saturated rings. The summed E-state index contributed by atoms with van der Waals surface area (Å²) >= 11 is 0. The van der Waals surface area contributed by atoms with E-state index in [0.29, 0.717) is 12.7 Å². The number of rotatable bonds is 7. The van der Waals surface area contributed by atoms with Crippen LogP contribution in [-0.2, 0) is 11.3 Å². The molecule has 0 aromatic heterocycles. The molecule has 1 unspecified atom stereocenters. The molecule has 118 valence electrons. The van der Waals surface area contributed by atoms with E-state index in [2.05, 4.69) is 11.8 Å². The first-order valence-electron chi connectivity index (χ1n) is 8.08. The summed E-state index contributed by atoms with van der Waals surface area (Å²) in [6.07, 6.45) is 3.82. The van der Waals surface area contributed by atoms with Gasteiger partial charge in [0.05, 0.1) is 12.7 Å². The van der Waals surface area contributed by atoms with Crippen LogP contribution in [0.5, 0.6) is 5.75 Å². The van der Waals surface area contributed by atoms with Gasteiger partial charge in [0, 0.05) is 30.9 Å². The molecule has 0 amide bonds. The Kier molecular flexibility index (Phi) is 6.33. The van der Waals surface area contributed by atoms with E-state index in [0.717, 1.165) is 44.1 Å². The fraction of sp³-hybridized carbons (Fsp3) is 0.647. The second kappa shape index (κ2) is 8.25. The van der Waals surface area contributed by atoms with Gasteiger partial charge in [0.2, 0.25) is 0 Å². The summed E-state index contributed by atoms with van der Waals surface area (Å²) < 4.78 is 11.6. The van der Waals surface area contributed by atoms with E-state index in [1.165, 1.54) is 18.4 Å². The van der Waals surface area contributed by atoms with Crippen molar-refractivity contribution in [1.29, 1.82) is 0 Å². The molecule has 1 aromatic rings. The van der Waals surface area contributed by atoms with Gasteiger partial charge in [-0.3, -0.25) is 4.90 Å². The molecule has 0 spiro atoms. The second-order valence-electron chi connectivity index (χ2n) is 5.67. The number of nitrogen functional groups attached to an aromatic ring is 1. The number of ether oxygens (including phenoxy) is 2. The Hall–Kier alpha value is -1.26. The van der Waals surface area contributed by atoms with E-state index in [9.17, 15) is 0 Å². The molecule has 0 aliphatic carbocycles. The third-order valence-corrected chi connectivity index (χ3v) is 3.80. The molecule has 2 N–H and O–H groups in total. The molecule has 0 bridgehead atoms. The second-order valence-corrected chi connectivity index (χ2v) is 5.67. The zero-order valence-corrected chi connectivity index (χ0v) is 13.3. The number of anilines is 1. The highest BCUT2D eigenvalue weighted by Crippen LogP contribution is 2.25. The van der Waals surface area contributed by atoms with Crippen LogP contribution in [0.2, 0.25) is 0 Å². The molecule has 1 atom stereocenters. The van der Waals surface area contributed by atoms with Gasteiger partial charge in [-0.05, 0) is 50.9 Å². The lowest BCUT2D eigenvalue weighted by Crippen LogP contribution is -2.39. The van der Waals surface area contributed by atoms with Crippen LogP contribution >= 0.6 is 0 Å². The maximum Gasteiger partial charge on any atom is 0.123 e. The van der Waals surface area contributed by atoms with Gasteiger partial charge in [0.25, 0.3) is 0 Å². The molecular formula is C17H28N2O2. The molecule has 2 rings (SSSR count). The predicted octanol–water partition coefficient (Wildman–Crippen LogP) is 3.06. The first-order chi connectivity index (χ1) is 10.2. The van der Waals surface area contributed by atoms with E-state index < -0.39 is 0 Å². The molecule has 1 aliphatic heterocycles. The predicted molar refractivity (Wildman–Crippen MR) is 86.6 cm³/mol. The quantitative estimate of drug-likeness (QED) is 0.785. The summed E-state index contributed by atoms with van der Waals surface area (Å²) in [5.41, 5.74) is 7.89. The molecule has 0 radical (unpaired) electrons. The van der Waals surface area contributed by atoms with Gasteiger partial charge in [-0.15, -0.1) is 0 Å². The summed E-state index contributed by atoms with van der Waals surface area (Å²) in [6, 6.07) is 5.91. The van der Waals surface area contributed by atoms with Gasteiger partial charge in [-0.25, -0.2) is 0 Å². The summed E-state index contributed by atoms with van der Waals surface area (Å²) in [4.78, 5) is 2.45. The minimum atomic E-state index is 0.371. The van der Waals surface area contributed by atoms with Crippen LogP contribution in [0.4, 0.5) is 5.69 Å². The molecule has 1 aliphatic rings. The minimum absolute atomic E-state index is 0.371. The number of nitrogens with zero attached hydrogens (tertiary/aromatic N) is 1. The van der Waals surface area contributed by atoms with Crippen LogP contribution in [0.3, 0.4) is 0 Å². The SMILES string of the molecule is CCCOC1CCCN(Cc2cc(N)ccc2OCC)C1. The number of piperidine rings is 1. The zero-order chi connectivity index (χ0) is 15.1. The Morgan fingerprint density at radius 3 is 2.95 bits per heavy atom. The highest BCUT2D eigenvalue weighted by Gasteiger charge is 2.21. The molecule has 1 heterocycles. The third kappa shape index (κ3) is 4.90. The number of likely N-dealkylation sites (tertiary alicyclic amines) is 1. The monoisotopic (exact) mass is 292 g/mol. The van der Waals surface area contributed by atoms with Gasteiger partial charge in [-0.2, -0.15) is 0 Å². The topological polar surface area (TPSA) is 47.7 Å². The van der Waals surface area contributed by atoms with E-state index in [1.807, 2.05) is 25.1 Å². The summed E-state index contributed by atoms with van der Waals surface area (Å²) in [6.45, 7) is 8.70. The Labute approximate surface area is 128 Å². The molecule has 0 saturated carbocycles. The molecule has 1 aromatic carbocycles. The fourth-order valence-corrected chi connectivity index (χ4v) is 2.84. The maximum absolute atomic E-state index is 5.92. The third-order valence-electron chi connectivity index (χ3n) is 3.80. The van der Waals surface area contributed by atoms with Crippen molar-refractivity contribution < 1.29 is 9.47 Å². The van der Waals surface area contributed by atoms with Crippen LogP contribution in [0.1, 0.15) is 38.7 Å². The zero-order valence-electron chi connectivity index (χ0n) is 13.3. The maximum atomic E-state index is 5.92. The normalized spacial score (nSPS) is 19.6. The van der Waals surface area contributed by atoms with Gasteiger partial charge < -0.3 is 15.2 Å². The minimum Gasteiger partial charge on any atom is -0.494 e. The molecule has 1 saturated heterocycles. The van der Waals surface area contributed by atoms with Gasteiger partial charge in [-0.1, -0.05) is 6.92 Å². The summed E-state index contributed by atoms with van der Waals surface area (Å²) in [5, 5.41) is 0. The molecule has 21 heavy (non-hydrogen) atoms. The van der Waals surface area contributed by atoms with Gasteiger partial charge >= 0.3 is 0 Å². The number of benzene rings is 1. The van der Waals surface area contributed by atoms with E-state index in [-0.39, 0.29) is 0 Å². The number of hydrogen-bond acceptors (Lipinski definition) is 4. The fourth-order valence-electron chi connectivity index (χ4n) is 2.84. The smallest absolute Gasteiger partial charge is 0.123 e. The van der Waals surface area contributed by atoms with Crippen LogP contribution in [0, 0.1) is 0 Å². The van der Waals surface area contributed by atoms with E-state index >= 15 is 0 Å². The van der Waals surface area contributed by atoms with Gasteiger partial charge in [0.1, 0.15) is 5.75 Å². The Balaban J connectivity index is 1.98. The lowest BCUT2D eigenvalue weighted by molar-refractivity contribution is -0.00240. The Bertz CT molecular complexity index is 437. The standard InChI is InChI=1S/C17H28N2O2/c1-3-10-21-16-6-5-9-19(13-16)12-14-11-15(18)7-8-17(14)20-4-2/h7-8,11,16H,3-6,9-10,12-13,18H2,1-2H3. The van der Waals surface area contributed by atoms with Crippen molar-refractivity contribution in [3.05, 3.63) is 23.8 Å².